The molecular formula is C17H13N3O. The van der Waals surface area contributed by atoms with Crippen molar-refractivity contribution < 1.29 is 4.74 Å². The van der Waals surface area contributed by atoms with Gasteiger partial charge < -0.3 is 10.5 Å². The molecule has 3 aromatic rings. The van der Waals surface area contributed by atoms with Crippen LogP contribution in [0.4, 0.5) is 5.69 Å². The third-order valence-electron chi connectivity index (χ3n) is 3.24. The van der Waals surface area contributed by atoms with Gasteiger partial charge in [-0.05, 0) is 48.9 Å². The number of aromatic nitrogens is 1. The lowest BCUT2D eigenvalue weighted by atomic mass is 10.1. The molecule has 0 atom stereocenters. The van der Waals surface area contributed by atoms with Gasteiger partial charge in [-0.2, -0.15) is 5.26 Å². The van der Waals surface area contributed by atoms with Gasteiger partial charge in [0.1, 0.15) is 17.6 Å². The predicted molar refractivity (Wildman–Crippen MR) is 82.1 cm³/mol. The molecule has 0 spiro atoms. The molecule has 0 saturated carbocycles. The molecule has 0 radical (unpaired) electrons. The molecule has 4 heteroatoms. The third-order valence-corrected chi connectivity index (χ3v) is 3.24. The highest BCUT2D eigenvalue weighted by atomic mass is 16.5. The summed E-state index contributed by atoms with van der Waals surface area (Å²) < 4.78 is 5.93. The molecule has 21 heavy (non-hydrogen) atoms. The quantitative estimate of drug-likeness (QED) is 0.722. The number of nitriles is 1. The van der Waals surface area contributed by atoms with E-state index in [9.17, 15) is 5.26 Å². The Morgan fingerprint density at radius 1 is 1.14 bits per heavy atom. The van der Waals surface area contributed by atoms with Gasteiger partial charge in [0.2, 0.25) is 0 Å². The number of ether oxygens (including phenoxy) is 1. The second kappa shape index (κ2) is 5.14. The van der Waals surface area contributed by atoms with E-state index >= 15 is 0 Å². The molecule has 0 unspecified atom stereocenters. The number of hydrogen-bond acceptors (Lipinski definition) is 4. The van der Waals surface area contributed by atoms with E-state index in [-0.39, 0.29) is 0 Å². The predicted octanol–water partition coefficient (Wildman–Crippen LogP) is 3.79. The summed E-state index contributed by atoms with van der Waals surface area (Å²) in [5.74, 6) is 1.17. The van der Waals surface area contributed by atoms with Gasteiger partial charge in [-0.1, -0.05) is 6.07 Å². The van der Waals surface area contributed by atoms with Gasteiger partial charge in [0, 0.05) is 11.6 Å². The first-order chi connectivity index (χ1) is 10.2. The lowest BCUT2D eigenvalue weighted by Crippen LogP contribution is -1.94. The molecule has 0 bridgehead atoms. The van der Waals surface area contributed by atoms with Crippen LogP contribution in [0.2, 0.25) is 0 Å². The van der Waals surface area contributed by atoms with Crippen LogP contribution in [0.15, 0.2) is 48.7 Å². The normalized spacial score (nSPS) is 10.3. The molecular weight excluding hydrogens is 262 g/mol. The highest BCUT2D eigenvalue weighted by molar-refractivity contribution is 5.93. The maximum Gasteiger partial charge on any atom is 0.145 e. The highest BCUT2D eigenvalue weighted by Crippen LogP contribution is 2.33. The first-order valence-electron chi connectivity index (χ1n) is 6.51. The molecule has 0 aliphatic heterocycles. The van der Waals surface area contributed by atoms with E-state index in [1.165, 1.54) is 0 Å². The van der Waals surface area contributed by atoms with E-state index in [1.54, 1.807) is 24.4 Å². The maximum absolute atomic E-state index is 9.18. The van der Waals surface area contributed by atoms with E-state index in [1.807, 2.05) is 31.2 Å². The molecule has 0 aliphatic carbocycles. The Hall–Kier alpha value is -3.06. The van der Waals surface area contributed by atoms with Crippen LogP contribution in [0.5, 0.6) is 11.5 Å². The number of nitrogen functional groups attached to an aromatic ring is 1. The zero-order valence-electron chi connectivity index (χ0n) is 11.5. The van der Waals surface area contributed by atoms with Crippen molar-refractivity contribution in [1.82, 2.24) is 4.98 Å². The van der Waals surface area contributed by atoms with E-state index in [2.05, 4.69) is 11.1 Å². The first-order valence-corrected chi connectivity index (χ1v) is 6.51. The molecule has 0 amide bonds. The molecule has 1 aromatic heterocycles. The zero-order valence-corrected chi connectivity index (χ0v) is 11.5. The number of hydrogen-bond donors (Lipinski definition) is 1. The Kier molecular flexibility index (Phi) is 3.17. The summed E-state index contributed by atoms with van der Waals surface area (Å²) in [6.45, 7) is 1.96. The van der Waals surface area contributed by atoms with Crippen molar-refractivity contribution in [2.45, 2.75) is 6.92 Å². The summed E-state index contributed by atoms with van der Waals surface area (Å²) in [4.78, 5) is 4.27. The standard InChI is InChI=1S/C17H13N3O/c1-11-4-5-12(10-18)16(9-11)21-15-7-6-14(19)17-13(15)3-2-8-20-17/h2-9H,19H2,1H3. The third kappa shape index (κ3) is 2.37. The van der Waals surface area contributed by atoms with Gasteiger partial charge in [0.05, 0.1) is 16.8 Å². The molecule has 1 heterocycles. The molecule has 0 saturated heterocycles. The number of benzene rings is 2. The highest BCUT2D eigenvalue weighted by Gasteiger charge is 2.10. The maximum atomic E-state index is 9.18. The van der Waals surface area contributed by atoms with Gasteiger partial charge >= 0.3 is 0 Å². The summed E-state index contributed by atoms with van der Waals surface area (Å²) in [7, 11) is 0. The zero-order chi connectivity index (χ0) is 14.8. The Labute approximate surface area is 122 Å². The number of rotatable bonds is 2. The summed E-state index contributed by atoms with van der Waals surface area (Å²) in [6, 6.07) is 14.9. The second-order valence-electron chi connectivity index (χ2n) is 4.77. The average Bonchev–Trinajstić information content (AvgIpc) is 2.51. The number of nitrogens with zero attached hydrogens (tertiary/aromatic N) is 2. The number of aryl methyl sites for hydroxylation is 1. The van der Waals surface area contributed by atoms with Crippen LogP contribution in [-0.4, -0.2) is 4.98 Å². The molecule has 2 N–H and O–H groups in total. The fourth-order valence-electron chi connectivity index (χ4n) is 2.18. The van der Waals surface area contributed by atoms with E-state index in [4.69, 9.17) is 10.5 Å². The molecule has 0 fully saturated rings. The summed E-state index contributed by atoms with van der Waals surface area (Å²) in [5, 5.41) is 10.0. The van der Waals surface area contributed by atoms with E-state index in [0.717, 1.165) is 10.9 Å². The Balaban J connectivity index is 2.13. The largest absolute Gasteiger partial charge is 0.455 e. The molecule has 102 valence electrons. The number of fused-ring (bicyclic) bond motifs is 1. The van der Waals surface area contributed by atoms with Gasteiger partial charge in [-0.25, -0.2) is 0 Å². The van der Waals surface area contributed by atoms with Crippen molar-refractivity contribution in [2.75, 3.05) is 5.73 Å². The average molecular weight is 275 g/mol. The molecule has 3 rings (SSSR count). The molecule has 2 aromatic carbocycles. The van der Waals surface area contributed by atoms with Crippen molar-refractivity contribution in [3.05, 3.63) is 59.8 Å². The fraction of sp³-hybridized carbons (Fsp3) is 0.0588. The number of anilines is 1. The number of pyridine rings is 1. The van der Waals surface area contributed by atoms with Gasteiger partial charge in [-0.3, -0.25) is 4.98 Å². The number of nitrogens with two attached hydrogens (primary N) is 1. The monoisotopic (exact) mass is 275 g/mol. The topological polar surface area (TPSA) is 71.9 Å². The smallest absolute Gasteiger partial charge is 0.145 e. The van der Waals surface area contributed by atoms with Crippen LogP contribution < -0.4 is 10.5 Å². The lowest BCUT2D eigenvalue weighted by Gasteiger charge is -2.11. The van der Waals surface area contributed by atoms with Crippen molar-refractivity contribution in [3.63, 3.8) is 0 Å². The fourth-order valence-corrected chi connectivity index (χ4v) is 2.18. The van der Waals surface area contributed by atoms with Crippen LogP contribution in [-0.2, 0) is 0 Å². The van der Waals surface area contributed by atoms with Crippen molar-refractivity contribution in [1.29, 1.82) is 5.26 Å². The Morgan fingerprint density at radius 3 is 2.81 bits per heavy atom. The van der Waals surface area contributed by atoms with Gasteiger partial charge in [0.15, 0.2) is 0 Å². The summed E-state index contributed by atoms with van der Waals surface area (Å²) >= 11 is 0. The minimum Gasteiger partial charge on any atom is -0.455 e. The van der Waals surface area contributed by atoms with Gasteiger partial charge in [0.25, 0.3) is 0 Å². The van der Waals surface area contributed by atoms with Crippen molar-refractivity contribution in [3.8, 4) is 17.6 Å². The van der Waals surface area contributed by atoms with Gasteiger partial charge in [-0.15, -0.1) is 0 Å². The van der Waals surface area contributed by atoms with E-state index in [0.29, 0.717) is 28.3 Å². The van der Waals surface area contributed by atoms with Crippen molar-refractivity contribution >= 4 is 16.6 Å². The first kappa shape index (κ1) is 12.9. The second-order valence-corrected chi connectivity index (χ2v) is 4.77. The van der Waals surface area contributed by atoms with Crippen LogP contribution in [0, 0.1) is 18.3 Å². The minimum absolute atomic E-state index is 0.495. The van der Waals surface area contributed by atoms with Crippen LogP contribution in [0.1, 0.15) is 11.1 Å². The Morgan fingerprint density at radius 2 is 2.00 bits per heavy atom. The SMILES string of the molecule is Cc1ccc(C#N)c(Oc2ccc(N)c3ncccc23)c1. The lowest BCUT2D eigenvalue weighted by molar-refractivity contribution is 0.486. The van der Waals surface area contributed by atoms with Crippen LogP contribution in [0.3, 0.4) is 0 Å². The minimum atomic E-state index is 0.495. The van der Waals surface area contributed by atoms with Crippen LogP contribution >= 0.6 is 0 Å². The molecule has 4 nitrogen and oxygen atoms in total. The van der Waals surface area contributed by atoms with E-state index < -0.39 is 0 Å². The van der Waals surface area contributed by atoms with Crippen LogP contribution in [0.25, 0.3) is 10.9 Å². The summed E-state index contributed by atoms with van der Waals surface area (Å²) in [5.41, 5.74) is 8.75. The summed E-state index contributed by atoms with van der Waals surface area (Å²) in [6.07, 6.45) is 1.69. The Bertz CT molecular complexity index is 866. The van der Waals surface area contributed by atoms with Crippen molar-refractivity contribution in [2.24, 2.45) is 0 Å². The molecule has 0 aliphatic rings.